The maximum Gasteiger partial charge on any atom is 0.336 e. The molecule has 100 valence electrons. The predicted molar refractivity (Wildman–Crippen MR) is 67.9 cm³/mol. The highest BCUT2D eigenvalue weighted by Crippen LogP contribution is 2.21. The van der Waals surface area contributed by atoms with Gasteiger partial charge in [0.15, 0.2) is 0 Å². The molecular formula is C13H13NO5. The van der Waals surface area contributed by atoms with Gasteiger partial charge in [0, 0.05) is 24.1 Å². The molecule has 0 saturated carbocycles. The Balaban J connectivity index is 2.37. The summed E-state index contributed by atoms with van der Waals surface area (Å²) in [6, 6.07) is 5.61. The van der Waals surface area contributed by atoms with Crippen LogP contribution < -0.4 is 10.9 Å². The normalized spacial score (nSPS) is 10.6. The Labute approximate surface area is 108 Å². The molecule has 2 rings (SSSR count). The number of hydrogen-bond acceptors (Lipinski definition) is 5. The van der Waals surface area contributed by atoms with Crippen molar-refractivity contribution in [3.63, 3.8) is 0 Å². The second kappa shape index (κ2) is 5.53. The molecule has 0 aliphatic rings. The third kappa shape index (κ3) is 3.11. The van der Waals surface area contributed by atoms with Gasteiger partial charge in [-0.25, -0.2) is 4.79 Å². The topological polar surface area (TPSA) is 99.8 Å². The second-order valence-corrected chi connectivity index (χ2v) is 4.02. The van der Waals surface area contributed by atoms with Gasteiger partial charge in [-0.1, -0.05) is 0 Å². The average Bonchev–Trinajstić information content (AvgIpc) is 2.35. The van der Waals surface area contributed by atoms with E-state index in [-0.39, 0.29) is 36.8 Å². The highest BCUT2D eigenvalue weighted by Gasteiger charge is 2.10. The van der Waals surface area contributed by atoms with Crippen molar-refractivity contribution in [3.05, 3.63) is 40.2 Å². The van der Waals surface area contributed by atoms with Crippen LogP contribution in [0.15, 0.2) is 33.5 Å². The number of carbonyl (C=O) groups excluding carboxylic acids is 1. The number of phenolic OH excluding ortho intramolecular Hbond substituents is 1. The van der Waals surface area contributed by atoms with Gasteiger partial charge in [-0.2, -0.15) is 0 Å². The van der Waals surface area contributed by atoms with Crippen molar-refractivity contribution in [1.82, 2.24) is 5.32 Å². The van der Waals surface area contributed by atoms with Crippen molar-refractivity contribution in [2.45, 2.75) is 6.42 Å². The van der Waals surface area contributed by atoms with Gasteiger partial charge in [0.05, 0.1) is 13.0 Å². The van der Waals surface area contributed by atoms with Gasteiger partial charge >= 0.3 is 5.63 Å². The van der Waals surface area contributed by atoms with Crippen molar-refractivity contribution in [2.75, 3.05) is 13.2 Å². The molecule has 2 aromatic rings. The third-order valence-corrected chi connectivity index (χ3v) is 2.60. The zero-order chi connectivity index (χ0) is 13.8. The van der Waals surface area contributed by atoms with Crippen LogP contribution in [-0.4, -0.2) is 29.3 Å². The fourth-order valence-corrected chi connectivity index (χ4v) is 1.80. The van der Waals surface area contributed by atoms with E-state index >= 15 is 0 Å². The van der Waals surface area contributed by atoms with Gasteiger partial charge in [-0.3, -0.25) is 4.79 Å². The van der Waals surface area contributed by atoms with E-state index in [4.69, 9.17) is 9.52 Å². The number of benzene rings is 1. The van der Waals surface area contributed by atoms with Gasteiger partial charge in [0.2, 0.25) is 5.91 Å². The first kappa shape index (κ1) is 13.1. The highest BCUT2D eigenvalue weighted by atomic mass is 16.4. The van der Waals surface area contributed by atoms with Crippen molar-refractivity contribution in [3.8, 4) is 5.75 Å². The minimum Gasteiger partial charge on any atom is -0.508 e. The molecule has 0 spiro atoms. The Morgan fingerprint density at radius 1 is 1.32 bits per heavy atom. The van der Waals surface area contributed by atoms with Crippen LogP contribution in [0.25, 0.3) is 11.0 Å². The fraction of sp³-hybridized carbons (Fsp3) is 0.231. The molecule has 0 fully saturated rings. The number of aliphatic hydroxyl groups excluding tert-OH is 1. The maximum atomic E-state index is 11.6. The van der Waals surface area contributed by atoms with Crippen LogP contribution in [0, 0.1) is 0 Å². The highest BCUT2D eigenvalue weighted by molar-refractivity contribution is 5.87. The van der Waals surface area contributed by atoms with Crippen LogP contribution >= 0.6 is 0 Å². The van der Waals surface area contributed by atoms with E-state index in [2.05, 4.69) is 5.32 Å². The van der Waals surface area contributed by atoms with Gasteiger partial charge in [0.1, 0.15) is 11.3 Å². The summed E-state index contributed by atoms with van der Waals surface area (Å²) in [5.74, 6) is -0.313. The Kier molecular flexibility index (Phi) is 3.82. The number of rotatable bonds is 4. The van der Waals surface area contributed by atoms with E-state index in [0.717, 1.165) is 0 Å². The number of aliphatic hydroxyl groups is 1. The van der Waals surface area contributed by atoms with E-state index in [9.17, 15) is 14.7 Å². The maximum absolute atomic E-state index is 11.6. The summed E-state index contributed by atoms with van der Waals surface area (Å²) in [6.07, 6.45) is 0.00682. The lowest BCUT2D eigenvalue weighted by molar-refractivity contribution is -0.120. The summed E-state index contributed by atoms with van der Waals surface area (Å²) in [5.41, 5.74) is 0.169. The van der Waals surface area contributed by atoms with Gasteiger partial charge in [-0.15, -0.1) is 0 Å². The van der Waals surface area contributed by atoms with Crippen LogP contribution in [0.2, 0.25) is 0 Å². The Morgan fingerprint density at radius 3 is 2.84 bits per heavy atom. The van der Waals surface area contributed by atoms with E-state index in [1.54, 1.807) is 6.07 Å². The summed E-state index contributed by atoms with van der Waals surface area (Å²) < 4.78 is 4.96. The summed E-state index contributed by atoms with van der Waals surface area (Å²) in [7, 11) is 0. The predicted octanol–water partition coefficient (Wildman–Crippen LogP) is 0.150. The number of amides is 1. The van der Waals surface area contributed by atoms with E-state index < -0.39 is 5.63 Å². The standard InChI is InChI=1S/C13H13NO5/c15-4-3-14-12(17)5-8-6-13(18)19-11-7-9(16)1-2-10(8)11/h1-2,6-7,15-16H,3-5H2,(H,14,17). The van der Waals surface area contributed by atoms with Crippen LogP contribution in [0.1, 0.15) is 5.56 Å². The Hall–Kier alpha value is -2.34. The fourth-order valence-electron chi connectivity index (χ4n) is 1.80. The van der Waals surface area contributed by atoms with Gasteiger partial charge in [0.25, 0.3) is 0 Å². The summed E-state index contributed by atoms with van der Waals surface area (Å²) >= 11 is 0. The molecule has 1 amide bonds. The molecule has 0 aliphatic heterocycles. The monoisotopic (exact) mass is 263 g/mol. The molecule has 1 heterocycles. The zero-order valence-electron chi connectivity index (χ0n) is 10.0. The molecule has 0 saturated heterocycles. The van der Waals surface area contributed by atoms with Crippen molar-refractivity contribution < 1.29 is 19.4 Å². The van der Waals surface area contributed by atoms with Crippen molar-refractivity contribution in [2.24, 2.45) is 0 Å². The van der Waals surface area contributed by atoms with Crippen LogP contribution in [0.4, 0.5) is 0 Å². The summed E-state index contributed by atoms with van der Waals surface area (Å²) in [5, 5.41) is 21.1. The molecule has 3 N–H and O–H groups in total. The molecule has 0 radical (unpaired) electrons. The number of carbonyl (C=O) groups is 1. The zero-order valence-corrected chi connectivity index (χ0v) is 10.0. The quantitative estimate of drug-likeness (QED) is 0.682. The molecular weight excluding hydrogens is 250 g/mol. The molecule has 0 bridgehead atoms. The van der Waals surface area contributed by atoms with Crippen molar-refractivity contribution >= 4 is 16.9 Å². The van der Waals surface area contributed by atoms with Crippen molar-refractivity contribution in [1.29, 1.82) is 0 Å². The minimum atomic E-state index is -0.581. The van der Waals surface area contributed by atoms with Gasteiger partial charge in [-0.05, 0) is 17.7 Å². The number of hydrogen-bond donors (Lipinski definition) is 3. The lowest BCUT2D eigenvalue weighted by Crippen LogP contribution is -2.28. The van der Waals surface area contributed by atoms with E-state index in [1.165, 1.54) is 18.2 Å². The lowest BCUT2D eigenvalue weighted by Gasteiger charge is -2.06. The first-order chi connectivity index (χ1) is 9.10. The molecule has 6 heteroatoms. The lowest BCUT2D eigenvalue weighted by atomic mass is 10.1. The number of fused-ring (bicyclic) bond motifs is 1. The number of aromatic hydroxyl groups is 1. The third-order valence-electron chi connectivity index (χ3n) is 2.60. The number of phenols is 1. The second-order valence-electron chi connectivity index (χ2n) is 4.02. The first-order valence-electron chi connectivity index (χ1n) is 5.73. The minimum absolute atomic E-state index is 0.00682. The Morgan fingerprint density at radius 2 is 2.11 bits per heavy atom. The average molecular weight is 263 g/mol. The number of nitrogens with one attached hydrogen (secondary N) is 1. The van der Waals surface area contributed by atoms with Crippen LogP contribution in [0.3, 0.4) is 0 Å². The summed E-state index contributed by atoms with van der Waals surface area (Å²) in [6.45, 7) is 0.0241. The molecule has 19 heavy (non-hydrogen) atoms. The van der Waals surface area contributed by atoms with E-state index in [1.807, 2.05) is 0 Å². The smallest absolute Gasteiger partial charge is 0.336 e. The molecule has 1 aromatic carbocycles. The molecule has 1 aromatic heterocycles. The Bertz CT molecular complexity index is 662. The SMILES string of the molecule is O=C(Cc1cc(=O)oc2cc(O)ccc12)NCCO. The summed E-state index contributed by atoms with van der Waals surface area (Å²) in [4.78, 5) is 23.0. The first-order valence-corrected chi connectivity index (χ1v) is 5.73. The van der Waals surface area contributed by atoms with Crippen LogP contribution in [0.5, 0.6) is 5.75 Å². The molecule has 6 nitrogen and oxygen atoms in total. The van der Waals surface area contributed by atoms with Gasteiger partial charge < -0.3 is 19.9 Å². The molecule has 0 aliphatic carbocycles. The largest absolute Gasteiger partial charge is 0.508 e. The van der Waals surface area contributed by atoms with E-state index in [0.29, 0.717) is 10.9 Å². The molecule has 0 atom stereocenters. The van der Waals surface area contributed by atoms with Crippen LogP contribution in [-0.2, 0) is 11.2 Å². The molecule has 0 unspecified atom stereocenters.